The van der Waals surface area contributed by atoms with Crippen molar-refractivity contribution in [2.24, 2.45) is 11.1 Å². The van der Waals surface area contributed by atoms with Gasteiger partial charge in [0.05, 0.1) is 0 Å². The molecule has 0 radical (unpaired) electrons. The lowest BCUT2D eigenvalue weighted by Crippen LogP contribution is -2.46. The predicted octanol–water partition coefficient (Wildman–Crippen LogP) is 2.02. The van der Waals surface area contributed by atoms with E-state index in [1.54, 1.807) is 12.1 Å². The predicted molar refractivity (Wildman–Crippen MR) is 58.8 cm³/mol. The first kappa shape index (κ1) is 12.1. The summed E-state index contributed by atoms with van der Waals surface area (Å²) in [6, 6.07) is 5.96. The molecule has 1 unspecified atom stereocenters. The van der Waals surface area contributed by atoms with Gasteiger partial charge in [0.2, 0.25) is 0 Å². The SMILES string of the molecule is CC(C)(C)C(O)(CN)c1cccc(F)c1. The topological polar surface area (TPSA) is 46.2 Å². The van der Waals surface area contributed by atoms with Crippen molar-refractivity contribution in [3.63, 3.8) is 0 Å². The van der Waals surface area contributed by atoms with Crippen LogP contribution in [-0.2, 0) is 5.60 Å². The summed E-state index contributed by atoms with van der Waals surface area (Å²) in [7, 11) is 0. The molecule has 0 aromatic heterocycles. The van der Waals surface area contributed by atoms with E-state index in [2.05, 4.69) is 0 Å². The van der Waals surface area contributed by atoms with Gasteiger partial charge in [0, 0.05) is 6.54 Å². The zero-order valence-electron chi connectivity index (χ0n) is 9.42. The first-order valence-corrected chi connectivity index (χ1v) is 5.00. The molecule has 3 heteroatoms. The van der Waals surface area contributed by atoms with Crippen molar-refractivity contribution in [2.45, 2.75) is 26.4 Å². The van der Waals surface area contributed by atoms with E-state index in [9.17, 15) is 9.50 Å². The van der Waals surface area contributed by atoms with E-state index in [1.807, 2.05) is 20.8 Å². The van der Waals surface area contributed by atoms with Crippen molar-refractivity contribution >= 4 is 0 Å². The number of rotatable bonds is 2. The Kier molecular flexibility index (Phi) is 3.16. The molecule has 0 fully saturated rings. The Bertz CT molecular complexity index is 346. The van der Waals surface area contributed by atoms with Gasteiger partial charge in [0.25, 0.3) is 0 Å². The van der Waals surface area contributed by atoms with Crippen LogP contribution < -0.4 is 5.73 Å². The van der Waals surface area contributed by atoms with Crippen LogP contribution in [0.4, 0.5) is 4.39 Å². The van der Waals surface area contributed by atoms with Crippen LogP contribution in [0.15, 0.2) is 24.3 Å². The fraction of sp³-hybridized carbons (Fsp3) is 0.500. The Morgan fingerprint density at radius 1 is 1.33 bits per heavy atom. The normalized spacial score (nSPS) is 16.1. The smallest absolute Gasteiger partial charge is 0.123 e. The van der Waals surface area contributed by atoms with E-state index in [0.29, 0.717) is 5.56 Å². The molecule has 1 aromatic carbocycles. The Balaban J connectivity index is 3.23. The zero-order chi connectivity index (χ0) is 11.7. The van der Waals surface area contributed by atoms with Crippen LogP contribution in [0, 0.1) is 11.2 Å². The molecule has 15 heavy (non-hydrogen) atoms. The van der Waals surface area contributed by atoms with Gasteiger partial charge < -0.3 is 10.8 Å². The largest absolute Gasteiger partial charge is 0.383 e. The molecule has 0 bridgehead atoms. The lowest BCUT2D eigenvalue weighted by molar-refractivity contribution is -0.0559. The fourth-order valence-electron chi connectivity index (χ4n) is 1.60. The lowest BCUT2D eigenvalue weighted by Gasteiger charge is -2.39. The number of hydrogen-bond acceptors (Lipinski definition) is 2. The molecule has 0 amide bonds. The van der Waals surface area contributed by atoms with Crippen molar-refractivity contribution in [3.05, 3.63) is 35.6 Å². The Labute approximate surface area is 89.9 Å². The highest BCUT2D eigenvalue weighted by atomic mass is 19.1. The Hall–Kier alpha value is -0.930. The van der Waals surface area contributed by atoms with E-state index in [1.165, 1.54) is 12.1 Å². The standard InChI is InChI=1S/C12H18FNO/c1-11(2,3)12(15,8-14)9-5-4-6-10(13)7-9/h4-7,15H,8,14H2,1-3H3. The maximum atomic E-state index is 13.1. The van der Waals surface area contributed by atoms with E-state index >= 15 is 0 Å². The molecule has 1 rings (SSSR count). The van der Waals surface area contributed by atoms with Crippen LogP contribution in [0.25, 0.3) is 0 Å². The van der Waals surface area contributed by atoms with Gasteiger partial charge in [-0.05, 0) is 23.1 Å². The molecule has 0 spiro atoms. The van der Waals surface area contributed by atoms with Crippen LogP contribution in [0.5, 0.6) is 0 Å². The molecule has 1 atom stereocenters. The first-order chi connectivity index (χ1) is 6.81. The van der Waals surface area contributed by atoms with E-state index < -0.39 is 11.0 Å². The summed E-state index contributed by atoms with van der Waals surface area (Å²) >= 11 is 0. The fourth-order valence-corrected chi connectivity index (χ4v) is 1.60. The number of nitrogens with two attached hydrogens (primary N) is 1. The maximum absolute atomic E-state index is 13.1. The van der Waals surface area contributed by atoms with E-state index in [4.69, 9.17) is 5.73 Å². The second-order valence-electron chi connectivity index (χ2n) is 4.82. The van der Waals surface area contributed by atoms with E-state index in [0.717, 1.165) is 0 Å². The highest BCUT2D eigenvalue weighted by molar-refractivity contribution is 5.25. The number of benzene rings is 1. The average Bonchev–Trinajstić information content (AvgIpc) is 2.14. The number of halogens is 1. The molecule has 0 saturated carbocycles. The highest BCUT2D eigenvalue weighted by Crippen LogP contribution is 2.38. The molecule has 0 aliphatic carbocycles. The summed E-state index contributed by atoms with van der Waals surface area (Å²) in [5.41, 5.74) is 4.49. The monoisotopic (exact) mass is 211 g/mol. The molecule has 0 aliphatic heterocycles. The van der Waals surface area contributed by atoms with Crippen LogP contribution in [0.2, 0.25) is 0 Å². The summed E-state index contributed by atoms with van der Waals surface area (Å²) in [6.07, 6.45) is 0. The van der Waals surface area contributed by atoms with Crippen molar-refractivity contribution in [1.82, 2.24) is 0 Å². The van der Waals surface area contributed by atoms with Crippen LogP contribution in [0.1, 0.15) is 26.3 Å². The maximum Gasteiger partial charge on any atom is 0.123 e. The Morgan fingerprint density at radius 2 is 1.93 bits per heavy atom. The molecule has 0 aliphatic rings. The second-order valence-corrected chi connectivity index (χ2v) is 4.82. The van der Waals surface area contributed by atoms with Crippen LogP contribution >= 0.6 is 0 Å². The second kappa shape index (κ2) is 3.91. The molecule has 1 aromatic rings. The molecular weight excluding hydrogens is 193 g/mol. The summed E-state index contributed by atoms with van der Waals surface area (Å²) < 4.78 is 13.1. The van der Waals surface area contributed by atoms with Gasteiger partial charge in [-0.3, -0.25) is 0 Å². The van der Waals surface area contributed by atoms with Crippen molar-refractivity contribution in [1.29, 1.82) is 0 Å². The number of aliphatic hydroxyl groups is 1. The molecule has 84 valence electrons. The first-order valence-electron chi connectivity index (χ1n) is 5.00. The van der Waals surface area contributed by atoms with Gasteiger partial charge >= 0.3 is 0 Å². The minimum Gasteiger partial charge on any atom is -0.383 e. The van der Waals surface area contributed by atoms with Gasteiger partial charge in [-0.2, -0.15) is 0 Å². The van der Waals surface area contributed by atoms with E-state index in [-0.39, 0.29) is 12.4 Å². The molecule has 0 saturated heterocycles. The summed E-state index contributed by atoms with van der Waals surface area (Å²) in [4.78, 5) is 0. The summed E-state index contributed by atoms with van der Waals surface area (Å²) in [5, 5.41) is 10.5. The van der Waals surface area contributed by atoms with Crippen molar-refractivity contribution in [3.8, 4) is 0 Å². The third-order valence-electron chi connectivity index (χ3n) is 2.84. The van der Waals surface area contributed by atoms with Gasteiger partial charge in [-0.15, -0.1) is 0 Å². The van der Waals surface area contributed by atoms with Crippen molar-refractivity contribution < 1.29 is 9.50 Å². The van der Waals surface area contributed by atoms with Crippen LogP contribution in [-0.4, -0.2) is 11.7 Å². The summed E-state index contributed by atoms with van der Waals surface area (Å²) in [6.45, 7) is 5.71. The molecule has 3 N–H and O–H groups in total. The number of hydrogen-bond donors (Lipinski definition) is 2. The zero-order valence-corrected chi connectivity index (χ0v) is 9.42. The average molecular weight is 211 g/mol. The Morgan fingerprint density at radius 3 is 2.33 bits per heavy atom. The third-order valence-corrected chi connectivity index (χ3v) is 2.84. The minimum atomic E-state index is -1.20. The summed E-state index contributed by atoms with van der Waals surface area (Å²) in [5.74, 6) is -0.358. The third kappa shape index (κ3) is 2.19. The molecular formula is C12H18FNO. The minimum absolute atomic E-state index is 0.0694. The lowest BCUT2D eigenvalue weighted by atomic mass is 9.72. The quantitative estimate of drug-likeness (QED) is 0.786. The van der Waals surface area contributed by atoms with Crippen molar-refractivity contribution in [2.75, 3.05) is 6.54 Å². The molecule has 2 nitrogen and oxygen atoms in total. The van der Waals surface area contributed by atoms with Gasteiger partial charge in [-0.1, -0.05) is 32.9 Å². The highest BCUT2D eigenvalue weighted by Gasteiger charge is 2.40. The van der Waals surface area contributed by atoms with Crippen LogP contribution in [0.3, 0.4) is 0 Å². The van der Waals surface area contributed by atoms with Gasteiger partial charge in [0.1, 0.15) is 11.4 Å². The van der Waals surface area contributed by atoms with Gasteiger partial charge in [0.15, 0.2) is 0 Å². The van der Waals surface area contributed by atoms with Gasteiger partial charge in [-0.25, -0.2) is 4.39 Å². The molecule has 0 heterocycles.